The summed E-state index contributed by atoms with van der Waals surface area (Å²) >= 11 is 0. The highest BCUT2D eigenvalue weighted by molar-refractivity contribution is 5.52. The topological polar surface area (TPSA) is 77.3 Å². The molecule has 0 saturated heterocycles. The van der Waals surface area contributed by atoms with Crippen molar-refractivity contribution in [2.45, 2.75) is 0 Å². The molecule has 4 aromatic rings. The van der Waals surface area contributed by atoms with E-state index in [1.807, 2.05) is 36.4 Å². The van der Waals surface area contributed by atoms with E-state index >= 15 is 0 Å². The minimum absolute atomic E-state index is 0.741. The van der Waals surface area contributed by atoms with Crippen LogP contribution in [0.5, 0.6) is 0 Å². The van der Waals surface area contributed by atoms with E-state index < -0.39 is 0 Å². The smallest absolute Gasteiger partial charge is 0.108 e. The van der Waals surface area contributed by atoms with Crippen molar-refractivity contribution < 1.29 is 0 Å². The lowest BCUT2D eigenvalue weighted by atomic mass is 10.2. The molecule has 0 saturated carbocycles. The molecule has 0 spiro atoms. The Morgan fingerprint density at radius 3 is 1.21 bits per heavy atom. The Morgan fingerprint density at radius 1 is 0.417 bits per heavy atom. The molecule has 0 N–H and O–H groups in total. The molecule has 0 aliphatic heterocycles. The van der Waals surface area contributed by atoms with E-state index in [0.29, 0.717) is 0 Å². The average Bonchev–Trinajstić information content (AvgIpc) is 2.71. The summed E-state index contributed by atoms with van der Waals surface area (Å²) in [5.74, 6) is 0. The molecule has 0 aliphatic rings. The van der Waals surface area contributed by atoms with Crippen molar-refractivity contribution in [1.29, 1.82) is 0 Å². The maximum absolute atomic E-state index is 4.19. The monoisotopic (exact) mass is 314 g/mol. The average molecular weight is 314 g/mol. The van der Waals surface area contributed by atoms with Crippen LogP contribution in [0.15, 0.2) is 86.0 Å². The first kappa shape index (κ1) is 15.4. The molecule has 6 nitrogen and oxygen atoms in total. The van der Waals surface area contributed by atoms with Crippen LogP contribution in [0.4, 0.5) is 0 Å². The lowest BCUT2D eigenvalue weighted by molar-refractivity contribution is 1.14. The Balaban J connectivity index is 0.000000141. The highest BCUT2D eigenvalue weighted by Gasteiger charge is 1.97. The Bertz CT molecular complexity index is 689. The van der Waals surface area contributed by atoms with Gasteiger partial charge in [0.1, 0.15) is 11.4 Å². The van der Waals surface area contributed by atoms with Crippen LogP contribution in [-0.2, 0) is 0 Å². The minimum atomic E-state index is 0.741. The summed E-state index contributed by atoms with van der Waals surface area (Å²) in [6.07, 6.45) is 13.4. The fourth-order valence-electron chi connectivity index (χ4n) is 1.89. The van der Waals surface area contributed by atoms with Crippen LogP contribution in [0.1, 0.15) is 0 Å². The molecule has 0 bridgehead atoms. The van der Waals surface area contributed by atoms with Crippen molar-refractivity contribution in [1.82, 2.24) is 29.9 Å². The third-order valence-electron chi connectivity index (χ3n) is 2.98. The summed E-state index contributed by atoms with van der Waals surface area (Å²) in [7, 11) is 0. The van der Waals surface area contributed by atoms with E-state index in [4.69, 9.17) is 0 Å². The Labute approximate surface area is 139 Å². The van der Waals surface area contributed by atoms with Crippen molar-refractivity contribution in [3.63, 3.8) is 0 Å². The number of hydrogen-bond acceptors (Lipinski definition) is 6. The largest absolute Gasteiger partial charge is 0.261 e. The van der Waals surface area contributed by atoms with Crippen LogP contribution in [0, 0.1) is 0 Å². The van der Waals surface area contributed by atoms with Crippen LogP contribution in [-0.4, -0.2) is 29.9 Å². The third kappa shape index (κ3) is 4.23. The molecule has 0 unspecified atom stereocenters. The molecule has 4 rings (SSSR count). The van der Waals surface area contributed by atoms with Gasteiger partial charge < -0.3 is 0 Å². The zero-order chi connectivity index (χ0) is 16.5. The van der Waals surface area contributed by atoms with E-state index in [2.05, 4.69) is 29.9 Å². The molecule has 0 fully saturated rings. The minimum Gasteiger partial charge on any atom is -0.261 e. The van der Waals surface area contributed by atoms with Crippen LogP contribution in [0.25, 0.3) is 22.8 Å². The van der Waals surface area contributed by atoms with E-state index in [-0.39, 0.29) is 0 Å². The van der Waals surface area contributed by atoms with Crippen molar-refractivity contribution in [3.05, 3.63) is 86.0 Å². The summed E-state index contributed by atoms with van der Waals surface area (Å²) in [4.78, 5) is 24.4. The van der Waals surface area contributed by atoms with E-state index in [1.165, 1.54) is 0 Å². The summed E-state index contributed by atoms with van der Waals surface area (Å²) < 4.78 is 0. The highest BCUT2D eigenvalue weighted by Crippen LogP contribution is 2.11. The van der Waals surface area contributed by atoms with Gasteiger partial charge in [0.2, 0.25) is 0 Å². The number of pyridine rings is 2. The Hall–Kier alpha value is -3.54. The van der Waals surface area contributed by atoms with Crippen LogP contribution >= 0.6 is 0 Å². The predicted molar refractivity (Wildman–Crippen MR) is 90.5 cm³/mol. The maximum Gasteiger partial charge on any atom is 0.108 e. The van der Waals surface area contributed by atoms with Gasteiger partial charge in [-0.25, -0.2) is 0 Å². The van der Waals surface area contributed by atoms with Gasteiger partial charge in [-0.1, -0.05) is 12.1 Å². The van der Waals surface area contributed by atoms with Gasteiger partial charge in [0, 0.05) is 37.2 Å². The molecule has 0 aromatic carbocycles. The zero-order valence-electron chi connectivity index (χ0n) is 12.8. The van der Waals surface area contributed by atoms with Crippen molar-refractivity contribution in [3.8, 4) is 22.8 Å². The second kappa shape index (κ2) is 8.19. The third-order valence-corrected chi connectivity index (χ3v) is 2.98. The lowest BCUT2D eigenvalue weighted by Crippen LogP contribution is -1.87. The highest BCUT2D eigenvalue weighted by atomic mass is 14.8. The summed E-state index contributed by atoms with van der Waals surface area (Å²) in [6, 6.07) is 11.6. The number of nitrogens with zero attached hydrogens (tertiary/aromatic N) is 6. The predicted octanol–water partition coefficient (Wildman–Crippen LogP) is 3.08. The first-order chi connectivity index (χ1) is 11.9. The molecule has 0 atom stereocenters. The fourth-order valence-corrected chi connectivity index (χ4v) is 1.89. The van der Waals surface area contributed by atoms with Gasteiger partial charge in [0.25, 0.3) is 0 Å². The molecule has 0 amide bonds. The zero-order valence-corrected chi connectivity index (χ0v) is 12.8. The molecule has 6 heteroatoms. The van der Waals surface area contributed by atoms with Gasteiger partial charge in [-0.05, 0) is 24.3 Å². The fraction of sp³-hybridized carbons (Fsp3) is 0. The normalized spacial score (nSPS) is 9.67. The van der Waals surface area contributed by atoms with Gasteiger partial charge >= 0.3 is 0 Å². The first-order valence-electron chi connectivity index (χ1n) is 7.28. The summed E-state index contributed by atoms with van der Waals surface area (Å²) in [5.41, 5.74) is 3.31. The van der Waals surface area contributed by atoms with E-state index in [1.54, 1.807) is 49.6 Å². The molecule has 0 aliphatic carbocycles. The second-order valence-electron chi connectivity index (χ2n) is 4.61. The molecule has 0 radical (unpaired) electrons. The van der Waals surface area contributed by atoms with Crippen LogP contribution < -0.4 is 0 Å². The molecular weight excluding hydrogens is 300 g/mol. The van der Waals surface area contributed by atoms with Crippen molar-refractivity contribution in [2.75, 3.05) is 0 Å². The molecule has 116 valence electrons. The number of rotatable bonds is 2. The second-order valence-corrected chi connectivity index (χ2v) is 4.61. The number of aromatic nitrogens is 6. The maximum atomic E-state index is 4.19. The molecule has 4 heterocycles. The van der Waals surface area contributed by atoms with Gasteiger partial charge in [0.15, 0.2) is 0 Å². The van der Waals surface area contributed by atoms with Crippen molar-refractivity contribution in [2.24, 2.45) is 0 Å². The SMILES string of the molecule is c1ccc(-c2ccccn2)nc1.c1cnc(-c2cnccn2)cn1. The standard InChI is InChI=1S/C10H8N2.C8H6N4/c1-3-7-11-9(5-1)10-6-2-4-8-12-10;1-3-11-7(5-9-1)8-6-10-2-4-12-8/h1-8H;1-6H. The summed E-state index contributed by atoms with van der Waals surface area (Å²) in [6.45, 7) is 0. The Kier molecular flexibility index (Phi) is 5.24. The van der Waals surface area contributed by atoms with Gasteiger partial charge in [-0.15, -0.1) is 0 Å². The Morgan fingerprint density at radius 2 is 0.875 bits per heavy atom. The van der Waals surface area contributed by atoms with Crippen LogP contribution in [0.3, 0.4) is 0 Å². The number of hydrogen-bond donors (Lipinski definition) is 0. The lowest BCUT2D eigenvalue weighted by Gasteiger charge is -1.96. The van der Waals surface area contributed by atoms with Crippen LogP contribution in [0.2, 0.25) is 0 Å². The quantitative estimate of drug-likeness (QED) is 0.566. The van der Waals surface area contributed by atoms with E-state index in [0.717, 1.165) is 22.8 Å². The van der Waals surface area contributed by atoms with Gasteiger partial charge in [-0.3, -0.25) is 29.9 Å². The first-order valence-corrected chi connectivity index (χ1v) is 7.28. The van der Waals surface area contributed by atoms with Crippen molar-refractivity contribution >= 4 is 0 Å². The van der Waals surface area contributed by atoms with E-state index in [9.17, 15) is 0 Å². The summed E-state index contributed by atoms with van der Waals surface area (Å²) in [5, 5.41) is 0. The molecular formula is C18H14N6. The van der Waals surface area contributed by atoms with Gasteiger partial charge in [-0.2, -0.15) is 0 Å². The molecule has 24 heavy (non-hydrogen) atoms. The molecule has 4 aromatic heterocycles. The van der Waals surface area contributed by atoms with Gasteiger partial charge in [0.05, 0.1) is 23.8 Å².